The molecule has 0 fully saturated rings. The van der Waals surface area contributed by atoms with Crippen LogP contribution in [0.2, 0.25) is 0 Å². The molecule has 0 amide bonds. The second kappa shape index (κ2) is 13.3. The molecule has 112 valence electrons. The van der Waals surface area contributed by atoms with Gasteiger partial charge >= 0.3 is 11.9 Å². The molecule has 0 rings (SSSR count). The van der Waals surface area contributed by atoms with Crippen molar-refractivity contribution in [3.63, 3.8) is 0 Å². The number of carbonyl (C=O) groups is 2. The topological polar surface area (TPSA) is 71.1 Å². The van der Waals surface area contributed by atoms with Crippen molar-refractivity contribution in [3.8, 4) is 0 Å². The van der Waals surface area contributed by atoms with Crippen LogP contribution in [0.1, 0.15) is 46.0 Å². The maximum atomic E-state index is 11.2. The fraction of sp³-hybridized carbons (Fsp3) is 0.846. The molecule has 0 radical (unpaired) electrons. The van der Waals surface area contributed by atoms with E-state index in [2.05, 4.69) is 0 Å². The lowest BCUT2D eigenvalue weighted by Gasteiger charge is -2.06. The van der Waals surface area contributed by atoms with Crippen LogP contribution in [0.4, 0.5) is 0 Å². The summed E-state index contributed by atoms with van der Waals surface area (Å²) in [6.07, 6.45) is 2.52. The van der Waals surface area contributed by atoms with Crippen LogP contribution in [-0.4, -0.2) is 38.7 Å². The Morgan fingerprint density at radius 3 is 1.58 bits per heavy atom. The van der Waals surface area contributed by atoms with Crippen LogP contribution in [-0.2, 0) is 28.5 Å². The Kier molecular flexibility index (Phi) is 12.5. The van der Waals surface area contributed by atoms with Crippen molar-refractivity contribution >= 4 is 11.9 Å². The van der Waals surface area contributed by atoms with Gasteiger partial charge in [-0.3, -0.25) is 9.59 Å². The van der Waals surface area contributed by atoms with Crippen LogP contribution in [0.3, 0.4) is 0 Å². The number of carbonyl (C=O) groups excluding carboxylic acids is 2. The molecule has 0 heterocycles. The lowest BCUT2D eigenvalue weighted by molar-refractivity contribution is -0.158. The zero-order chi connectivity index (χ0) is 14.3. The van der Waals surface area contributed by atoms with Gasteiger partial charge in [0.1, 0.15) is 0 Å². The smallest absolute Gasteiger partial charge is 0.307 e. The van der Waals surface area contributed by atoms with Crippen molar-refractivity contribution in [3.05, 3.63) is 0 Å². The summed E-state index contributed by atoms with van der Waals surface area (Å²) in [6.45, 7) is 5.02. The first-order valence-corrected chi connectivity index (χ1v) is 6.67. The molecule has 19 heavy (non-hydrogen) atoms. The SMILES string of the molecule is CCCOCOC(=O)CCCC(=O)OCOCCC. The monoisotopic (exact) mass is 276 g/mol. The van der Waals surface area contributed by atoms with E-state index in [1.807, 2.05) is 13.8 Å². The summed E-state index contributed by atoms with van der Waals surface area (Å²) in [5.41, 5.74) is 0. The van der Waals surface area contributed by atoms with Gasteiger partial charge in [0.25, 0.3) is 0 Å². The third-order valence-electron chi connectivity index (χ3n) is 2.07. The Morgan fingerprint density at radius 1 is 0.789 bits per heavy atom. The van der Waals surface area contributed by atoms with E-state index in [1.54, 1.807) is 0 Å². The van der Waals surface area contributed by atoms with E-state index in [1.165, 1.54) is 0 Å². The molecular formula is C13H24O6. The minimum Gasteiger partial charge on any atom is -0.438 e. The van der Waals surface area contributed by atoms with Crippen LogP contribution < -0.4 is 0 Å². The molecule has 6 heteroatoms. The number of rotatable bonds is 12. The standard InChI is InChI=1S/C13H24O6/c1-3-8-16-10-18-12(14)6-5-7-13(15)19-11-17-9-4-2/h3-11H2,1-2H3. The van der Waals surface area contributed by atoms with Crippen LogP contribution in [0.5, 0.6) is 0 Å². The second-order valence-electron chi connectivity index (χ2n) is 3.94. The summed E-state index contributed by atoms with van der Waals surface area (Å²) in [6, 6.07) is 0. The predicted octanol–water partition coefficient (Wildman–Crippen LogP) is 2.01. The molecule has 0 atom stereocenters. The number of hydrogen-bond donors (Lipinski definition) is 0. The lowest BCUT2D eigenvalue weighted by atomic mass is 10.2. The van der Waals surface area contributed by atoms with E-state index < -0.39 is 0 Å². The fourth-order valence-corrected chi connectivity index (χ4v) is 1.14. The molecule has 0 aliphatic heterocycles. The van der Waals surface area contributed by atoms with Crippen molar-refractivity contribution in [2.75, 3.05) is 26.8 Å². The summed E-state index contributed by atoms with van der Waals surface area (Å²) >= 11 is 0. The molecule has 0 aliphatic carbocycles. The van der Waals surface area contributed by atoms with Gasteiger partial charge in [0.05, 0.1) is 13.2 Å². The average Bonchev–Trinajstić information content (AvgIpc) is 2.40. The van der Waals surface area contributed by atoms with Crippen LogP contribution in [0.25, 0.3) is 0 Å². The molecule has 0 saturated heterocycles. The molecule has 0 N–H and O–H groups in total. The van der Waals surface area contributed by atoms with Gasteiger partial charge < -0.3 is 18.9 Å². The molecule has 0 aromatic carbocycles. The lowest BCUT2D eigenvalue weighted by Crippen LogP contribution is -2.11. The fourth-order valence-electron chi connectivity index (χ4n) is 1.14. The average molecular weight is 276 g/mol. The Balaban J connectivity index is 3.35. The molecule has 6 nitrogen and oxygen atoms in total. The highest BCUT2D eigenvalue weighted by atomic mass is 16.7. The molecule has 0 aromatic heterocycles. The number of hydrogen-bond acceptors (Lipinski definition) is 6. The van der Waals surface area contributed by atoms with Gasteiger partial charge in [0.2, 0.25) is 0 Å². The highest BCUT2D eigenvalue weighted by Gasteiger charge is 2.07. The first-order valence-electron chi connectivity index (χ1n) is 6.67. The van der Waals surface area contributed by atoms with Gasteiger partial charge in [0, 0.05) is 12.8 Å². The Morgan fingerprint density at radius 2 is 1.21 bits per heavy atom. The summed E-state index contributed by atoms with van der Waals surface area (Å²) < 4.78 is 19.6. The first-order chi connectivity index (χ1) is 9.20. The molecule has 0 saturated carbocycles. The van der Waals surface area contributed by atoms with Crippen LogP contribution >= 0.6 is 0 Å². The van der Waals surface area contributed by atoms with Gasteiger partial charge in [-0.25, -0.2) is 0 Å². The van der Waals surface area contributed by atoms with Gasteiger partial charge in [-0.05, 0) is 19.3 Å². The summed E-state index contributed by atoms with van der Waals surface area (Å²) in [5, 5.41) is 0. The third-order valence-corrected chi connectivity index (χ3v) is 2.07. The molecule has 0 bridgehead atoms. The maximum absolute atomic E-state index is 11.2. The van der Waals surface area contributed by atoms with Gasteiger partial charge in [-0.2, -0.15) is 0 Å². The number of ether oxygens (including phenoxy) is 4. The second-order valence-corrected chi connectivity index (χ2v) is 3.94. The normalized spacial score (nSPS) is 10.2. The Hall–Kier alpha value is -1.14. The highest BCUT2D eigenvalue weighted by molar-refractivity contribution is 5.72. The first kappa shape index (κ1) is 17.9. The van der Waals surface area contributed by atoms with Crippen LogP contribution in [0.15, 0.2) is 0 Å². The molecule has 0 unspecified atom stereocenters. The van der Waals surface area contributed by atoms with Crippen molar-refractivity contribution in [2.24, 2.45) is 0 Å². The molecule has 0 aliphatic rings. The van der Waals surface area contributed by atoms with E-state index in [-0.39, 0.29) is 38.4 Å². The predicted molar refractivity (Wildman–Crippen MR) is 68.3 cm³/mol. The number of esters is 2. The minimum absolute atomic E-state index is 0.0258. The summed E-state index contributed by atoms with van der Waals surface area (Å²) in [4.78, 5) is 22.4. The largest absolute Gasteiger partial charge is 0.438 e. The molecule has 0 aromatic rings. The van der Waals surface area contributed by atoms with E-state index in [9.17, 15) is 9.59 Å². The Labute approximate surface area is 114 Å². The van der Waals surface area contributed by atoms with Crippen molar-refractivity contribution in [2.45, 2.75) is 46.0 Å². The van der Waals surface area contributed by atoms with Crippen molar-refractivity contribution in [1.82, 2.24) is 0 Å². The van der Waals surface area contributed by atoms with Crippen LogP contribution in [0, 0.1) is 0 Å². The van der Waals surface area contributed by atoms with E-state index in [4.69, 9.17) is 18.9 Å². The molecular weight excluding hydrogens is 252 g/mol. The Bertz CT molecular complexity index is 217. The zero-order valence-electron chi connectivity index (χ0n) is 11.8. The summed E-state index contributed by atoms with van der Waals surface area (Å²) in [7, 11) is 0. The molecule has 0 spiro atoms. The van der Waals surface area contributed by atoms with E-state index in [0.29, 0.717) is 19.6 Å². The maximum Gasteiger partial charge on any atom is 0.307 e. The van der Waals surface area contributed by atoms with Gasteiger partial charge in [-0.1, -0.05) is 13.8 Å². The third kappa shape index (κ3) is 13.1. The zero-order valence-corrected chi connectivity index (χ0v) is 11.8. The minimum atomic E-state index is -0.369. The van der Waals surface area contributed by atoms with E-state index >= 15 is 0 Å². The van der Waals surface area contributed by atoms with Gasteiger partial charge in [-0.15, -0.1) is 0 Å². The van der Waals surface area contributed by atoms with E-state index in [0.717, 1.165) is 12.8 Å². The van der Waals surface area contributed by atoms with Gasteiger partial charge in [0.15, 0.2) is 13.6 Å². The van der Waals surface area contributed by atoms with Crippen molar-refractivity contribution < 1.29 is 28.5 Å². The quantitative estimate of drug-likeness (QED) is 0.308. The van der Waals surface area contributed by atoms with Crippen molar-refractivity contribution in [1.29, 1.82) is 0 Å². The summed E-state index contributed by atoms with van der Waals surface area (Å²) in [5.74, 6) is -0.739. The highest BCUT2D eigenvalue weighted by Crippen LogP contribution is 2.00.